The SMILES string of the molecule is Cl.NCC(F)(F)CNS(=O)(=O)c1cccc(S(=O)(=O)N2CCCCC2)c1. The lowest BCUT2D eigenvalue weighted by Gasteiger charge is -2.26. The van der Waals surface area contributed by atoms with E-state index in [1.54, 1.807) is 4.72 Å². The molecule has 1 saturated heterocycles. The highest BCUT2D eigenvalue weighted by Gasteiger charge is 2.31. The number of alkyl halides is 2. The van der Waals surface area contributed by atoms with Gasteiger partial charge in [-0.2, -0.15) is 4.31 Å². The predicted molar refractivity (Wildman–Crippen MR) is 95.5 cm³/mol. The summed E-state index contributed by atoms with van der Waals surface area (Å²) in [6.45, 7) is -1.41. The second-order valence-electron chi connectivity index (χ2n) is 5.82. The Labute approximate surface area is 158 Å². The molecule has 0 atom stereocenters. The monoisotopic (exact) mass is 433 g/mol. The van der Waals surface area contributed by atoms with Crippen LogP contribution in [0.1, 0.15) is 19.3 Å². The molecular formula is C14H22ClF2N3O4S2. The zero-order chi connectivity index (χ0) is 18.7. The van der Waals surface area contributed by atoms with E-state index in [0.717, 1.165) is 31.4 Å². The van der Waals surface area contributed by atoms with E-state index in [4.69, 9.17) is 5.73 Å². The topological polar surface area (TPSA) is 110 Å². The van der Waals surface area contributed by atoms with E-state index in [-0.39, 0.29) is 17.3 Å². The van der Waals surface area contributed by atoms with Gasteiger partial charge in [-0.05, 0) is 31.0 Å². The number of nitrogens with two attached hydrogens (primary N) is 1. The summed E-state index contributed by atoms with van der Waals surface area (Å²) < 4.78 is 78.9. The van der Waals surface area contributed by atoms with Gasteiger partial charge in [-0.1, -0.05) is 12.5 Å². The van der Waals surface area contributed by atoms with Gasteiger partial charge in [-0.25, -0.2) is 30.3 Å². The second-order valence-corrected chi connectivity index (χ2v) is 9.53. The summed E-state index contributed by atoms with van der Waals surface area (Å²) in [5.74, 6) is -3.38. The van der Waals surface area contributed by atoms with Crippen molar-refractivity contribution in [1.82, 2.24) is 9.03 Å². The molecule has 0 spiro atoms. The van der Waals surface area contributed by atoms with E-state index in [1.165, 1.54) is 16.4 Å². The molecule has 0 aliphatic carbocycles. The van der Waals surface area contributed by atoms with Crippen molar-refractivity contribution in [2.24, 2.45) is 5.73 Å². The summed E-state index contributed by atoms with van der Waals surface area (Å²) in [5, 5.41) is 0. The van der Waals surface area contributed by atoms with Crippen LogP contribution < -0.4 is 10.5 Å². The fourth-order valence-electron chi connectivity index (χ4n) is 2.41. The van der Waals surface area contributed by atoms with Gasteiger partial charge < -0.3 is 5.73 Å². The Morgan fingerprint density at radius 2 is 1.65 bits per heavy atom. The lowest BCUT2D eigenvalue weighted by Crippen LogP contribution is -2.41. The minimum absolute atomic E-state index is 0. The molecule has 1 aliphatic rings. The largest absolute Gasteiger partial charge is 0.325 e. The standard InChI is InChI=1S/C14H21F2N3O4S2.ClH/c15-14(16,10-17)11-18-24(20,21)12-5-4-6-13(9-12)25(22,23)19-7-2-1-3-8-19;/h4-6,9,18H,1-3,7-8,10-11,17H2;1H. The zero-order valence-corrected chi connectivity index (χ0v) is 16.3. The molecule has 3 N–H and O–H groups in total. The molecule has 1 fully saturated rings. The Morgan fingerprint density at radius 1 is 1.08 bits per heavy atom. The zero-order valence-electron chi connectivity index (χ0n) is 13.9. The van der Waals surface area contributed by atoms with Crippen molar-refractivity contribution in [3.63, 3.8) is 0 Å². The van der Waals surface area contributed by atoms with Gasteiger partial charge in [0.05, 0.1) is 22.9 Å². The van der Waals surface area contributed by atoms with Gasteiger partial charge in [0.2, 0.25) is 20.0 Å². The van der Waals surface area contributed by atoms with Crippen LogP contribution in [0.15, 0.2) is 34.1 Å². The molecule has 0 aromatic heterocycles. The van der Waals surface area contributed by atoms with Gasteiger partial charge in [0.15, 0.2) is 0 Å². The Hall–Kier alpha value is -0.850. The molecule has 0 amide bonds. The molecule has 0 bridgehead atoms. The van der Waals surface area contributed by atoms with Gasteiger partial charge in [0.1, 0.15) is 0 Å². The number of rotatable bonds is 7. The number of hydrogen-bond donors (Lipinski definition) is 2. The van der Waals surface area contributed by atoms with E-state index < -0.39 is 44.0 Å². The third-order valence-electron chi connectivity index (χ3n) is 3.89. The molecule has 150 valence electrons. The van der Waals surface area contributed by atoms with E-state index in [1.807, 2.05) is 0 Å². The maximum Gasteiger partial charge on any atom is 0.273 e. The maximum absolute atomic E-state index is 13.2. The minimum atomic E-state index is -4.29. The fraction of sp³-hybridized carbons (Fsp3) is 0.571. The van der Waals surface area contributed by atoms with Crippen molar-refractivity contribution < 1.29 is 25.6 Å². The molecule has 1 heterocycles. The number of nitrogens with one attached hydrogen (secondary N) is 1. The van der Waals surface area contributed by atoms with Crippen LogP contribution in [0.5, 0.6) is 0 Å². The molecular weight excluding hydrogens is 412 g/mol. The number of sulfonamides is 2. The molecule has 12 heteroatoms. The highest BCUT2D eigenvalue weighted by molar-refractivity contribution is 7.90. The van der Waals surface area contributed by atoms with E-state index in [9.17, 15) is 25.6 Å². The van der Waals surface area contributed by atoms with Crippen LogP contribution in [0.4, 0.5) is 8.78 Å². The molecule has 0 saturated carbocycles. The summed E-state index contributed by atoms with van der Waals surface area (Å²) in [6, 6.07) is 4.69. The van der Waals surface area contributed by atoms with E-state index >= 15 is 0 Å². The average Bonchev–Trinajstić information content (AvgIpc) is 2.61. The van der Waals surface area contributed by atoms with Crippen LogP contribution in [0.25, 0.3) is 0 Å². The number of halogens is 3. The van der Waals surface area contributed by atoms with Crippen LogP contribution in [0.2, 0.25) is 0 Å². The first-order valence-electron chi connectivity index (χ1n) is 7.76. The lowest BCUT2D eigenvalue weighted by atomic mass is 10.2. The van der Waals surface area contributed by atoms with Crippen LogP contribution in [0.3, 0.4) is 0 Å². The van der Waals surface area contributed by atoms with Crippen molar-refractivity contribution in [1.29, 1.82) is 0 Å². The van der Waals surface area contributed by atoms with Crippen LogP contribution in [-0.2, 0) is 20.0 Å². The third kappa shape index (κ3) is 5.57. The molecule has 1 aromatic rings. The molecule has 26 heavy (non-hydrogen) atoms. The molecule has 7 nitrogen and oxygen atoms in total. The van der Waals surface area contributed by atoms with Crippen molar-refractivity contribution in [3.8, 4) is 0 Å². The summed E-state index contributed by atoms with van der Waals surface area (Å²) >= 11 is 0. The summed E-state index contributed by atoms with van der Waals surface area (Å²) in [5.41, 5.74) is 4.87. The molecule has 0 unspecified atom stereocenters. The van der Waals surface area contributed by atoms with Crippen LogP contribution in [0, 0.1) is 0 Å². The quantitative estimate of drug-likeness (QED) is 0.670. The fourth-order valence-corrected chi connectivity index (χ4v) is 5.16. The number of hydrogen-bond acceptors (Lipinski definition) is 5. The smallest absolute Gasteiger partial charge is 0.273 e. The van der Waals surface area contributed by atoms with Crippen LogP contribution in [-0.4, -0.2) is 53.2 Å². The molecule has 0 radical (unpaired) electrons. The van der Waals surface area contributed by atoms with Crippen molar-refractivity contribution in [2.75, 3.05) is 26.2 Å². The molecule has 1 aliphatic heterocycles. The first kappa shape index (κ1) is 23.2. The number of piperidine rings is 1. The highest BCUT2D eigenvalue weighted by Crippen LogP contribution is 2.23. The summed E-state index contributed by atoms with van der Waals surface area (Å²) in [6.07, 6.45) is 2.43. The predicted octanol–water partition coefficient (Wildman–Crippen LogP) is 1.16. The van der Waals surface area contributed by atoms with Gasteiger partial charge in [0.25, 0.3) is 5.92 Å². The minimum Gasteiger partial charge on any atom is -0.325 e. The normalized spacial score (nSPS) is 16.9. The highest BCUT2D eigenvalue weighted by atomic mass is 35.5. The number of nitrogens with zero attached hydrogens (tertiary/aromatic N) is 1. The molecule has 2 rings (SSSR count). The Bertz CT molecular complexity index is 813. The lowest BCUT2D eigenvalue weighted by molar-refractivity contribution is 0.0170. The average molecular weight is 434 g/mol. The Morgan fingerprint density at radius 3 is 2.23 bits per heavy atom. The maximum atomic E-state index is 13.2. The summed E-state index contributed by atoms with van der Waals surface area (Å²) in [7, 11) is -8.11. The second kappa shape index (κ2) is 8.89. The molecule has 1 aromatic carbocycles. The van der Waals surface area contributed by atoms with Gasteiger partial charge in [0, 0.05) is 13.1 Å². The van der Waals surface area contributed by atoms with E-state index in [0.29, 0.717) is 13.1 Å². The number of benzene rings is 1. The van der Waals surface area contributed by atoms with E-state index in [2.05, 4.69) is 0 Å². The van der Waals surface area contributed by atoms with Crippen molar-refractivity contribution in [2.45, 2.75) is 35.0 Å². The Balaban J connectivity index is 0.00000338. The first-order chi connectivity index (χ1) is 11.6. The first-order valence-corrected chi connectivity index (χ1v) is 10.7. The third-order valence-corrected chi connectivity index (χ3v) is 7.18. The van der Waals surface area contributed by atoms with Crippen LogP contribution >= 0.6 is 12.4 Å². The van der Waals surface area contributed by atoms with Gasteiger partial charge in [-0.15, -0.1) is 12.4 Å². The van der Waals surface area contributed by atoms with Crippen molar-refractivity contribution in [3.05, 3.63) is 24.3 Å². The van der Waals surface area contributed by atoms with Gasteiger partial charge >= 0.3 is 0 Å². The van der Waals surface area contributed by atoms with Crippen molar-refractivity contribution >= 4 is 32.5 Å². The summed E-state index contributed by atoms with van der Waals surface area (Å²) in [4.78, 5) is -0.568. The van der Waals surface area contributed by atoms with Gasteiger partial charge in [-0.3, -0.25) is 0 Å². The Kier molecular flexibility index (Phi) is 7.93.